The van der Waals surface area contributed by atoms with E-state index in [0.29, 0.717) is 0 Å². The van der Waals surface area contributed by atoms with Crippen LogP contribution >= 0.6 is 0 Å². The van der Waals surface area contributed by atoms with E-state index in [0.717, 1.165) is 5.56 Å². The van der Waals surface area contributed by atoms with Crippen molar-refractivity contribution in [3.8, 4) is 0 Å². The van der Waals surface area contributed by atoms with Gasteiger partial charge in [0.15, 0.2) is 0 Å². The van der Waals surface area contributed by atoms with Crippen LogP contribution in [0.4, 0.5) is 4.39 Å². The normalized spacial score (nSPS) is 13.2. The molecule has 1 N–H and O–H groups in total. The van der Waals surface area contributed by atoms with Gasteiger partial charge in [0.05, 0.1) is 12.5 Å². The summed E-state index contributed by atoms with van der Waals surface area (Å²) in [5.41, 5.74) is -0.0417. The van der Waals surface area contributed by atoms with E-state index in [1.807, 2.05) is 0 Å². The number of halogens is 1. The van der Waals surface area contributed by atoms with E-state index in [9.17, 15) is 9.18 Å². The zero-order valence-corrected chi connectivity index (χ0v) is 10.6. The average molecular weight is 239 g/mol. The highest BCUT2D eigenvalue weighted by Gasteiger charge is 2.38. The van der Waals surface area contributed by atoms with Crippen LogP contribution in [-0.4, -0.2) is 20.1 Å². The molecule has 0 bridgehead atoms. The summed E-state index contributed by atoms with van der Waals surface area (Å²) in [5.74, 6) is -0.649. The van der Waals surface area contributed by atoms with Crippen molar-refractivity contribution in [2.24, 2.45) is 5.41 Å². The van der Waals surface area contributed by atoms with Gasteiger partial charge in [0, 0.05) is 6.04 Å². The number of ether oxygens (including phenoxy) is 1. The van der Waals surface area contributed by atoms with Crippen LogP contribution in [0.5, 0.6) is 0 Å². The number of carbonyl (C=O) groups is 1. The van der Waals surface area contributed by atoms with E-state index < -0.39 is 5.41 Å². The fourth-order valence-corrected chi connectivity index (χ4v) is 2.01. The van der Waals surface area contributed by atoms with Gasteiger partial charge in [0.2, 0.25) is 0 Å². The Kier molecular flexibility index (Phi) is 4.23. The molecule has 0 aliphatic rings. The molecule has 0 radical (unpaired) electrons. The first-order valence-electron chi connectivity index (χ1n) is 5.44. The molecule has 0 saturated heterocycles. The van der Waals surface area contributed by atoms with Crippen molar-refractivity contribution >= 4 is 5.97 Å². The molecule has 1 rings (SSSR count). The van der Waals surface area contributed by atoms with Crippen LogP contribution in [0.1, 0.15) is 25.5 Å². The lowest BCUT2D eigenvalue weighted by atomic mass is 9.80. The van der Waals surface area contributed by atoms with E-state index in [4.69, 9.17) is 4.74 Å². The van der Waals surface area contributed by atoms with Crippen molar-refractivity contribution in [2.75, 3.05) is 14.2 Å². The molecule has 0 fully saturated rings. The molecule has 0 spiro atoms. The second kappa shape index (κ2) is 5.27. The van der Waals surface area contributed by atoms with Gasteiger partial charge in [-0.3, -0.25) is 4.79 Å². The maximum absolute atomic E-state index is 13.2. The Bertz CT molecular complexity index is 404. The molecule has 0 amide bonds. The molecular formula is C13H18FNO2. The number of rotatable bonds is 4. The molecule has 1 atom stereocenters. The first-order valence-corrected chi connectivity index (χ1v) is 5.44. The number of carbonyl (C=O) groups excluding carboxylic acids is 1. The minimum Gasteiger partial charge on any atom is -0.469 e. The number of nitrogens with one attached hydrogen (secondary N) is 1. The lowest BCUT2D eigenvalue weighted by Crippen LogP contribution is -2.39. The molecule has 0 aromatic heterocycles. The van der Waals surface area contributed by atoms with E-state index in [-0.39, 0.29) is 17.8 Å². The van der Waals surface area contributed by atoms with Gasteiger partial charge >= 0.3 is 5.97 Å². The van der Waals surface area contributed by atoms with Crippen LogP contribution in [0.25, 0.3) is 0 Å². The van der Waals surface area contributed by atoms with Crippen molar-refractivity contribution in [3.63, 3.8) is 0 Å². The van der Waals surface area contributed by atoms with Crippen molar-refractivity contribution in [1.82, 2.24) is 5.32 Å². The average Bonchev–Trinajstić information content (AvgIpc) is 2.28. The lowest BCUT2D eigenvalue weighted by Gasteiger charge is -2.31. The number of hydrogen-bond donors (Lipinski definition) is 1. The highest BCUT2D eigenvalue weighted by Crippen LogP contribution is 2.34. The minimum atomic E-state index is -0.767. The van der Waals surface area contributed by atoms with E-state index in [1.54, 1.807) is 33.0 Å². The quantitative estimate of drug-likeness (QED) is 0.819. The Hall–Kier alpha value is -1.42. The van der Waals surface area contributed by atoms with Gasteiger partial charge < -0.3 is 10.1 Å². The zero-order valence-electron chi connectivity index (χ0n) is 10.6. The summed E-state index contributed by atoms with van der Waals surface area (Å²) in [6.45, 7) is 3.54. The number of methoxy groups -OCH3 is 1. The fraction of sp³-hybridized carbons (Fsp3) is 0.462. The minimum absolute atomic E-state index is 0.300. The van der Waals surface area contributed by atoms with Crippen LogP contribution in [0, 0.1) is 11.2 Å². The summed E-state index contributed by atoms with van der Waals surface area (Å²) in [4.78, 5) is 11.7. The molecule has 3 nitrogen and oxygen atoms in total. The topological polar surface area (TPSA) is 38.3 Å². The Morgan fingerprint density at radius 3 is 2.59 bits per heavy atom. The van der Waals surface area contributed by atoms with Crippen LogP contribution in [0.2, 0.25) is 0 Å². The third-order valence-corrected chi connectivity index (χ3v) is 2.90. The van der Waals surface area contributed by atoms with Gasteiger partial charge in [-0.25, -0.2) is 4.39 Å². The number of benzene rings is 1. The first-order chi connectivity index (χ1) is 7.93. The number of esters is 1. The predicted molar refractivity (Wildman–Crippen MR) is 64.0 cm³/mol. The van der Waals surface area contributed by atoms with Gasteiger partial charge in [0.25, 0.3) is 0 Å². The van der Waals surface area contributed by atoms with Crippen molar-refractivity contribution in [1.29, 1.82) is 0 Å². The molecule has 4 heteroatoms. The second-order valence-corrected chi connectivity index (χ2v) is 4.49. The van der Waals surface area contributed by atoms with E-state index in [2.05, 4.69) is 5.32 Å². The Balaban J connectivity index is 3.11. The Morgan fingerprint density at radius 2 is 2.12 bits per heavy atom. The highest BCUT2D eigenvalue weighted by atomic mass is 19.1. The molecule has 1 unspecified atom stereocenters. The zero-order chi connectivity index (χ0) is 13.1. The van der Waals surface area contributed by atoms with Crippen LogP contribution in [0.3, 0.4) is 0 Å². The fourth-order valence-electron chi connectivity index (χ4n) is 2.01. The molecule has 1 aromatic rings. The molecule has 1 aromatic carbocycles. The van der Waals surface area contributed by atoms with Crippen molar-refractivity contribution < 1.29 is 13.9 Å². The monoisotopic (exact) mass is 239 g/mol. The van der Waals surface area contributed by atoms with Gasteiger partial charge in [-0.1, -0.05) is 12.1 Å². The Morgan fingerprint density at radius 1 is 1.47 bits per heavy atom. The molecule has 0 saturated carbocycles. The third-order valence-electron chi connectivity index (χ3n) is 2.90. The SMILES string of the molecule is CNC(c1cccc(F)c1)C(C)(C)C(=O)OC. The molecular weight excluding hydrogens is 221 g/mol. The van der Waals surface area contributed by atoms with Gasteiger partial charge in [-0.15, -0.1) is 0 Å². The van der Waals surface area contributed by atoms with E-state index >= 15 is 0 Å². The van der Waals surface area contributed by atoms with Crippen LogP contribution in [-0.2, 0) is 9.53 Å². The summed E-state index contributed by atoms with van der Waals surface area (Å²) >= 11 is 0. The van der Waals surface area contributed by atoms with Gasteiger partial charge in [-0.2, -0.15) is 0 Å². The molecule has 0 aliphatic carbocycles. The second-order valence-electron chi connectivity index (χ2n) is 4.49. The Labute approximate surface area is 101 Å². The molecule has 0 aliphatic heterocycles. The lowest BCUT2D eigenvalue weighted by molar-refractivity contribution is -0.152. The van der Waals surface area contributed by atoms with E-state index in [1.165, 1.54) is 19.2 Å². The summed E-state index contributed by atoms with van der Waals surface area (Å²) in [7, 11) is 3.09. The van der Waals surface area contributed by atoms with Crippen molar-refractivity contribution in [3.05, 3.63) is 35.6 Å². The molecule has 94 valence electrons. The summed E-state index contributed by atoms with van der Waals surface area (Å²) < 4.78 is 18.0. The van der Waals surface area contributed by atoms with Gasteiger partial charge in [-0.05, 0) is 38.6 Å². The van der Waals surface area contributed by atoms with Crippen molar-refractivity contribution in [2.45, 2.75) is 19.9 Å². The summed E-state index contributed by atoms with van der Waals surface area (Å²) in [5, 5.41) is 3.03. The van der Waals surface area contributed by atoms with Gasteiger partial charge in [0.1, 0.15) is 5.82 Å². The molecule has 0 heterocycles. The highest BCUT2D eigenvalue weighted by molar-refractivity contribution is 5.77. The predicted octanol–water partition coefficient (Wildman–Crippen LogP) is 2.29. The summed E-state index contributed by atoms with van der Waals surface area (Å²) in [6, 6.07) is 5.91. The smallest absolute Gasteiger partial charge is 0.313 e. The maximum atomic E-state index is 13.2. The molecule has 17 heavy (non-hydrogen) atoms. The standard InChI is InChI=1S/C13H18FNO2/c1-13(2,12(16)17-4)11(15-3)9-6-5-7-10(14)8-9/h5-8,11,15H,1-4H3. The van der Waals surface area contributed by atoms with Crippen LogP contribution < -0.4 is 5.32 Å². The largest absolute Gasteiger partial charge is 0.469 e. The first kappa shape index (κ1) is 13.6. The maximum Gasteiger partial charge on any atom is 0.313 e. The number of hydrogen-bond acceptors (Lipinski definition) is 3. The van der Waals surface area contributed by atoms with Crippen LogP contribution in [0.15, 0.2) is 24.3 Å². The summed E-state index contributed by atoms with van der Waals surface area (Å²) in [6.07, 6.45) is 0. The third kappa shape index (κ3) is 2.82.